The van der Waals surface area contributed by atoms with Gasteiger partial charge in [0, 0.05) is 22.8 Å². The third-order valence-corrected chi connectivity index (χ3v) is 5.47. The van der Waals surface area contributed by atoms with Gasteiger partial charge < -0.3 is 9.88 Å². The van der Waals surface area contributed by atoms with Crippen molar-refractivity contribution in [2.24, 2.45) is 0 Å². The van der Waals surface area contributed by atoms with Gasteiger partial charge in [0.15, 0.2) is 11.0 Å². The molecule has 0 bridgehead atoms. The molecule has 0 radical (unpaired) electrons. The van der Waals surface area contributed by atoms with Crippen LogP contribution in [0.25, 0.3) is 11.4 Å². The molecule has 1 amide bonds. The second kappa shape index (κ2) is 8.59. The first-order valence-electron chi connectivity index (χ1n) is 8.67. The van der Waals surface area contributed by atoms with Crippen molar-refractivity contribution in [2.75, 3.05) is 11.1 Å². The van der Waals surface area contributed by atoms with Crippen LogP contribution in [-0.4, -0.2) is 26.4 Å². The van der Waals surface area contributed by atoms with E-state index in [1.165, 1.54) is 17.3 Å². The number of amides is 1. The molecule has 2 aromatic carbocycles. The summed E-state index contributed by atoms with van der Waals surface area (Å²) in [7, 11) is 0. The molecule has 1 N–H and O–H groups in total. The maximum atomic E-state index is 12.3. The van der Waals surface area contributed by atoms with Crippen molar-refractivity contribution in [1.82, 2.24) is 14.8 Å². The van der Waals surface area contributed by atoms with Crippen molar-refractivity contribution >= 4 is 35.0 Å². The average Bonchev–Trinajstić information content (AvgIpc) is 3.06. The average molecular weight is 401 g/mol. The topological polar surface area (TPSA) is 59.8 Å². The number of thioether (sulfide) groups is 1. The van der Waals surface area contributed by atoms with Crippen LogP contribution in [0, 0.1) is 13.8 Å². The predicted octanol–water partition coefficient (Wildman–Crippen LogP) is 4.97. The zero-order valence-electron chi connectivity index (χ0n) is 15.5. The minimum atomic E-state index is -0.109. The van der Waals surface area contributed by atoms with E-state index < -0.39 is 0 Å². The van der Waals surface area contributed by atoms with Crippen molar-refractivity contribution in [3.05, 3.63) is 58.6 Å². The van der Waals surface area contributed by atoms with Gasteiger partial charge in [-0.25, -0.2) is 0 Å². The smallest absolute Gasteiger partial charge is 0.234 e. The van der Waals surface area contributed by atoms with Crippen molar-refractivity contribution in [2.45, 2.75) is 32.5 Å². The van der Waals surface area contributed by atoms with E-state index in [4.69, 9.17) is 11.6 Å². The second-order valence-electron chi connectivity index (χ2n) is 6.22. The van der Waals surface area contributed by atoms with Crippen LogP contribution in [0.4, 0.5) is 5.69 Å². The zero-order valence-corrected chi connectivity index (χ0v) is 17.1. The zero-order chi connectivity index (χ0) is 19.4. The van der Waals surface area contributed by atoms with Gasteiger partial charge in [-0.3, -0.25) is 4.79 Å². The van der Waals surface area contributed by atoms with Crippen LogP contribution in [0.1, 0.15) is 18.1 Å². The van der Waals surface area contributed by atoms with Gasteiger partial charge in [-0.05, 0) is 44.5 Å². The van der Waals surface area contributed by atoms with E-state index in [1.54, 1.807) is 6.07 Å². The molecule has 5 nitrogen and oxygen atoms in total. The molecule has 0 aliphatic heterocycles. The number of carbonyl (C=O) groups excluding carboxylic acids is 1. The van der Waals surface area contributed by atoms with E-state index >= 15 is 0 Å². The lowest BCUT2D eigenvalue weighted by molar-refractivity contribution is -0.113. The number of aromatic nitrogens is 3. The molecule has 27 heavy (non-hydrogen) atoms. The Kier molecular flexibility index (Phi) is 6.19. The first kappa shape index (κ1) is 19.5. The summed E-state index contributed by atoms with van der Waals surface area (Å²) in [6.07, 6.45) is 0. The summed E-state index contributed by atoms with van der Waals surface area (Å²) in [6.45, 7) is 6.75. The lowest BCUT2D eigenvalue weighted by Crippen LogP contribution is -2.14. The Morgan fingerprint density at radius 1 is 1.19 bits per heavy atom. The van der Waals surface area contributed by atoms with Crippen LogP contribution in [0.3, 0.4) is 0 Å². The summed E-state index contributed by atoms with van der Waals surface area (Å²) in [5.41, 5.74) is 3.86. The summed E-state index contributed by atoms with van der Waals surface area (Å²) >= 11 is 7.47. The molecule has 7 heteroatoms. The third kappa shape index (κ3) is 4.70. The third-order valence-electron chi connectivity index (χ3n) is 4.10. The molecule has 140 valence electrons. The summed E-state index contributed by atoms with van der Waals surface area (Å²) < 4.78 is 2.02. The van der Waals surface area contributed by atoms with Gasteiger partial charge in [0.25, 0.3) is 0 Å². The van der Waals surface area contributed by atoms with Crippen LogP contribution in [-0.2, 0) is 11.3 Å². The van der Waals surface area contributed by atoms with Gasteiger partial charge in [-0.2, -0.15) is 0 Å². The van der Waals surface area contributed by atoms with Gasteiger partial charge in [0.2, 0.25) is 5.91 Å². The quantitative estimate of drug-likeness (QED) is 0.593. The molecule has 3 rings (SSSR count). The predicted molar refractivity (Wildman–Crippen MR) is 111 cm³/mol. The number of benzene rings is 2. The van der Waals surface area contributed by atoms with E-state index in [-0.39, 0.29) is 11.7 Å². The van der Waals surface area contributed by atoms with Crippen molar-refractivity contribution in [3.8, 4) is 11.4 Å². The minimum Gasteiger partial charge on any atom is -0.325 e. The van der Waals surface area contributed by atoms with Crippen LogP contribution >= 0.6 is 23.4 Å². The lowest BCUT2D eigenvalue weighted by Gasteiger charge is -2.09. The van der Waals surface area contributed by atoms with Crippen molar-refractivity contribution < 1.29 is 4.79 Å². The molecule has 0 fully saturated rings. The van der Waals surface area contributed by atoms with Crippen molar-refractivity contribution in [1.29, 1.82) is 0 Å². The molecule has 3 aromatic rings. The molecule has 0 saturated heterocycles. The van der Waals surface area contributed by atoms with E-state index in [0.29, 0.717) is 10.7 Å². The van der Waals surface area contributed by atoms with Crippen LogP contribution in [0.2, 0.25) is 5.02 Å². The first-order chi connectivity index (χ1) is 13.0. The Labute approximate surface area is 168 Å². The molecule has 0 spiro atoms. The number of halogens is 1. The fourth-order valence-corrected chi connectivity index (χ4v) is 3.66. The van der Waals surface area contributed by atoms with E-state index in [0.717, 1.165) is 28.7 Å². The number of nitrogens with zero attached hydrogens (tertiary/aromatic N) is 3. The highest BCUT2D eigenvalue weighted by Crippen LogP contribution is 2.25. The Morgan fingerprint density at radius 2 is 2.00 bits per heavy atom. The monoisotopic (exact) mass is 400 g/mol. The Bertz CT molecular complexity index is 970. The van der Waals surface area contributed by atoms with E-state index in [1.807, 2.05) is 55.7 Å². The maximum absolute atomic E-state index is 12.3. The normalized spacial score (nSPS) is 10.8. The number of nitrogens with one attached hydrogen (secondary N) is 1. The van der Waals surface area contributed by atoms with Gasteiger partial charge >= 0.3 is 0 Å². The molecule has 0 aliphatic rings. The fourth-order valence-electron chi connectivity index (χ4n) is 2.68. The van der Waals surface area contributed by atoms with Crippen LogP contribution in [0.15, 0.2) is 47.6 Å². The number of rotatable bonds is 6. The molecule has 0 aliphatic carbocycles. The molecule has 0 unspecified atom stereocenters. The summed E-state index contributed by atoms with van der Waals surface area (Å²) in [6, 6.07) is 13.6. The maximum Gasteiger partial charge on any atom is 0.234 e. The number of anilines is 1. The van der Waals surface area contributed by atoms with Crippen LogP contribution < -0.4 is 5.32 Å². The van der Waals surface area contributed by atoms with Crippen LogP contribution in [0.5, 0.6) is 0 Å². The summed E-state index contributed by atoms with van der Waals surface area (Å²) in [4.78, 5) is 12.3. The minimum absolute atomic E-state index is 0.109. The van der Waals surface area contributed by atoms with Crippen molar-refractivity contribution in [3.63, 3.8) is 0 Å². The highest BCUT2D eigenvalue weighted by molar-refractivity contribution is 7.99. The molecule has 1 aromatic heterocycles. The largest absolute Gasteiger partial charge is 0.325 e. The van der Waals surface area contributed by atoms with Gasteiger partial charge in [0.1, 0.15) is 0 Å². The molecular formula is C20H21ClN4OS. The Hall–Kier alpha value is -2.31. The molecule has 0 saturated carbocycles. The van der Waals surface area contributed by atoms with Gasteiger partial charge in [-0.1, -0.05) is 53.2 Å². The van der Waals surface area contributed by atoms with Gasteiger partial charge in [0.05, 0.1) is 5.75 Å². The summed E-state index contributed by atoms with van der Waals surface area (Å²) in [5.74, 6) is 0.953. The van der Waals surface area contributed by atoms with E-state index in [2.05, 4.69) is 21.6 Å². The fraction of sp³-hybridized carbons (Fsp3) is 0.250. The SMILES string of the molecule is CCn1c(SCC(=O)Nc2ccc(C)c(Cl)c2)nnc1-c1cccc(C)c1. The standard InChI is InChI=1S/C20H21ClN4OS/c1-4-25-19(15-7-5-6-13(2)10-15)23-24-20(25)27-12-18(26)22-16-9-8-14(3)17(21)11-16/h5-11H,4,12H2,1-3H3,(H,22,26). The highest BCUT2D eigenvalue weighted by atomic mass is 35.5. The number of carbonyl (C=O) groups is 1. The highest BCUT2D eigenvalue weighted by Gasteiger charge is 2.15. The first-order valence-corrected chi connectivity index (χ1v) is 10.0. The molecular weight excluding hydrogens is 380 g/mol. The molecule has 1 heterocycles. The van der Waals surface area contributed by atoms with E-state index in [9.17, 15) is 4.79 Å². The lowest BCUT2D eigenvalue weighted by atomic mass is 10.1. The second-order valence-corrected chi connectivity index (χ2v) is 7.57. The Balaban J connectivity index is 1.69. The number of hydrogen-bond acceptors (Lipinski definition) is 4. The molecule has 0 atom stereocenters. The number of hydrogen-bond donors (Lipinski definition) is 1. The summed E-state index contributed by atoms with van der Waals surface area (Å²) in [5, 5.41) is 12.8. The Morgan fingerprint density at radius 3 is 2.70 bits per heavy atom. The number of aryl methyl sites for hydroxylation is 2. The van der Waals surface area contributed by atoms with Gasteiger partial charge in [-0.15, -0.1) is 10.2 Å².